The summed E-state index contributed by atoms with van der Waals surface area (Å²) < 4.78 is 6.52. The highest BCUT2D eigenvalue weighted by atomic mass is 16.3. The van der Waals surface area contributed by atoms with Crippen LogP contribution in [0.2, 0.25) is 0 Å². The minimum absolute atomic E-state index is 0.721. The van der Waals surface area contributed by atoms with E-state index in [2.05, 4.69) is 63.0 Å². The first kappa shape index (κ1) is 16.6. The predicted octanol–water partition coefficient (Wildman–Crippen LogP) is 6.64. The first-order valence-electron chi connectivity index (χ1n) is 9.93. The van der Waals surface area contributed by atoms with E-state index in [4.69, 9.17) is 4.42 Å². The van der Waals surface area contributed by atoms with Crippen LogP contribution < -0.4 is 0 Å². The van der Waals surface area contributed by atoms with E-state index in [-0.39, 0.29) is 0 Å². The molecule has 0 radical (unpaired) electrons. The molecule has 0 spiro atoms. The zero-order valence-electron chi connectivity index (χ0n) is 16.5. The third-order valence-corrected chi connectivity index (χ3v) is 6.66. The molecule has 1 aliphatic rings. The Bertz CT molecular complexity index is 1170. The van der Waals surface area contributed by atoms with Crippen LogP contribution in [-0.4, -0.2) is 4.98 Å². The van der Waals surface area contributed by atoms with Crippen LogP contribution in [0.5, 0.6) is 0 Å². The summed E-state index contributed by atoms with van der Waals surface area (Å²) in [6.45, 7) is 9.28. The fourth-order valence-electron chi connectivity index (χ4n) is 4.80. The summed E-state index contributed by atoms with van der Waals surface area (Å²) in [4.78, 5) is 4.66. The number of hydrogen-bond acceptors (Lipinski definition) is 2. The molecule has 0 fully saturated rings. The van der Waals surface area contributed by atoms with Crippen molar-refractivity contribution in [2.45, 2.75) is 40.5 Å². The number of aryl methyl sites for hydroxylation is 2. The Kier molecular flexibility index (Phi) is 3.65. The molecule has 2 heteroatoms. The SMILES string of the molecule is Cc1c2c(c(C)c3c1oc1c(-c4ccccc4)nccc13)CC(C)C(C)C2. The number of rotatable bonds is 1. The summed E-state index contributed by atoms with van der Waals surface area (Å²) in [7, 11) is 0. The molecular formula is C25H25NO. The second kappa shape index (κ2) is 5.95. The highest BCUT2D eigenvalue weighted by Crippen LogP contribution is 2.43. The molecule has 2 aromatic heterocycles. The van der Waals surface area contributed by atoms with Gasteiger partial charge in [0.25, 0.3) is 0 Å². The lowest BCUT2D eigenvalue weighted by Gasteiger charge is -2.30. The van der Waals surface area contributed by atoms with Crippen molar-refractivity contribution in [2.75, 3.05) is 0 Å². The molecule has 0 N–H and O–H groups in total. The van der Waals surface area contributed by atoms with Crippen LogP contribution in [0.25, 0.3) is 33.2 Å². The molecule has 0 saturated heterocycles. The zero-order chi connectivity index (χ0) is 18.7. The van der Waals surface area contributed by atoms with Gasteiger partial charge in [-0.3, -0.25) is 4.98 Å². The van der Waals surface area contributed by atoms with Crippen molar-refractivity contribution >= 4 is 21.9 Å². The normalized spacial score (nSPS) is 19.6. The molecule has 4 aromatic rings. The van der Waals surface area contributed by atoms with E-state index in [9.17, 15) is 0 Å². The molecule has 5 rings (SSSR count). The highest BCUT2D eigenvalue weighted by molar-refractivity contribution is 6.11. The smallest absolute Gasteiger partial charge is 0.161 e. The Labute approximate surface area is 160 Å². The maximum absolute atomic E-state index is 6.52. The van der Waals surface area contributed by atoms with Gasteiger partial charge >= 0.3 is 0 Å². The van der Waals surface area contributed by atoms with Crippen molar-refractivity contribution in [1.82, 2.24) is 4.98 Å². The van der Waals surface area contributed by atoms with Crippen molar-refractivity contribution in [3.8, 4) is 11.3 Å². The number of fused-ring (bicyclic) bond motifs is 4. The largest absolute Gasteiger partial charge is 0.453 e. The van der Waals surface area contributed by atoms with Gasteiger partial charge in [0, 0.05) is 22.5 Å². The molecule has 0 amide bonds. The Morgan fingerprint density at radius 3 is 2.22 bits per heavy atom. The summed E-state index contributed by atoms with van der Waals surface area (Å²) in [5.74, 6) is 1.45. The van der Waals surface area contributed by atoms with Crippen LogP contribution in [0.15, 0.2) is 47.0 Å². The first-order valence-corrected chi connectivity index (χ1v) is 9.93. The monoisotopic (exact) mass is 355 g/mol. The van der Waals surface area contributed by atoms with Crippen molar-refractivity contribution in [1.29, 1.82) is 0 Å². The molecule has 0 bridgehead atoms. The fourth-order valence-corrected chi connectivity index (χ4v) is 4.80. The van der Waals surface area contributed by atoms with E-state index in [0.717, 1.165) is 40.7 Å². The van der Waals surface area contributed by atoms with Crippen LogP contribution in [0.4, 0.5) is 0 Å². The number of nitrogens with zero attached hydrogens (tertiary/aromatic N) is 1. The van der Waals surface area contributed by atoms with Crippen LogP contribution in [0.1, 0.15) is 36.1 Å². The Morgan fingerprint density at radius 2 is 1.52 bits per heavy atom. The Morgan fingerprint density at radius 1 is 0.852 bits per heavy atom. The highest BCUT2D eigenvalue weighted by Gasteiger charge is 2.28. The third-order valence-electron chi connectivity index (χ3n) is 6.66. The summed E-state index contributed by atoms with van der Waals surface area (Å²) in [5, 5.41) is 2.47. The van der Waals surface area contributed by atoms with Crippen molar-refractivity contribution in [3.05, 3.63) is 64.8 Å². The van der Waals surface area contributed by atoms with Gasteiger partial charge < -0.3 is 4.42 Å². The molecule has 136 valence electrons. The van der Waals surface area contributed by atoms with Gasteiger partial charge in [-0.05, 0) is 66.8 Å². The molecule has 0 saturated carbocycles. The van der Waals surface area contributed by atoms with Crippen molar-refractivity contribution < 1.29 is 4.42 Å². The van der Waals surface area contributed by atoms with Crippen LogP contribution >= 0.6 is 0 Å². The number of aromatic nitrogens is 1. The minimum Gasteiger partial charge on any atom is -0.453 e. The van der Waals surface area contributed by atoms with E-state index in [1.165, 1.54) is 33.9 Å². The quantitative estimate of drug-likeness (QED) is 0.383. The molecule has 2 atom stereocenters. The van der Waals surface area contributed by atoms with Gasteiger partial charge in [0.2, 0.25) is 0 Å². The van der Waals surface area contributed by atoms with Gasteiger partial charge in [0.15, 0.2) is 5.58 Å². The topological polar surface area (TPSA) is 26.0 Å². The van der Waals surface area contributed by atoms with Gasteiger partial charge in [-0.1, -0.05) is 44.2 Å². The second-order valence-electron chi connectivity index (χ2n) is 8.28. The average molecular weight is 355 g/mol. The third kappa shape index (κ3) is 2.36. The maximum atomic E-state index is 6.52. The number of hydrogen-bond donors (Lipinski definition) is 0. The van der Waals surface area contributed by atoms with E-state index < -0.39 is 0 Å². The number of furan rings is 1. The lowest BCUT2D eigenvalue weighted by Crippen LogP contribution is -2.22. The van der Waals surface area contributed by atoms with E-state index in [0.29, 0.717) is 0 Å². The van der Waals surface area contributed by atoms with Crippen LogP contribution in [0, 0.1) is 25.7 Å². The molecular weight excluding hydrogens is 330 g/mol. The second-order valence-corrected chi connectivity index (χ2v) is 8.28. The molecule has 2 unspecified atom stereocenters. The Balaban J connectivity index is 1.87. The van der Waals surface area contributed by atoms with Gasteiger partial charge in [0.05, 0.1) is 0 Å². The lowest BCUT2D eigenvalue weighted by atomic mass is 9.74. The van der Waals surface area contributed by atoms with E-state index in [1.807, 2.05) is 12.3 Å². The fraction of sp³-hybridized carbons (Fsp3) is 0.320. The van der Waals surface area contributed by atoms with Gasteiger partial charge in [-0.25, -0.2) is 0 Å². The van der Waals surface area contributed by atoms with E-state index >= 15 is 0 Å². The summed E-state index contributed by atoms with van der Waals surface area (Å²) in [6.07, 6.45) is 4.24. The zero-order valence-corrected chi connectivity index (χ0v) is 16.5. The van der Waals surface area contributed by atoms with Crippen molar-refractivity contribution in [3.63, 3.8) is 0 Å². The summed E-state index contributed by atoms with van der Waals surface area (Å²) in [5.41, 5.74) is 9.77. The first-order chi connectivity index (χ1) is 13.1. The molecule has 0 aliphatic heterocycles. The summed E-state index contributed by atoms with van der Waals surface area (Å²) >= 11 is 0. The molecule has 2 aromatic carbocycles. The minimum atomic E-state index is 0.721. The molecule has 27 heavy (non-hydrogen) atoms. The van der Waals surface area contributed by atoms with Gasteiger partial charge in [-0.2, -0.15) is 0 Å². The van der Waals surface area contributed by atoms with E-state index in [1.54, 1.807) is 5.56 Å². The number of benzene rings is 2. The van der Waals surface area contributed by atoms with Crippen LogP contribution in [-0.2, 0) is 12.8 Å². The molecule has 2 nitrogen and oxygen atoms in total. The van der Waals surface area contributed by atoms with Crippen LogP contribution in [0.3, 0.4) is 0 Å². The molecule has 1 aliphatic carbocycles. The standard InChI is InChI=1S/C25H25NO/c1-14-12-20-16(3)22-19-10-11-26-23(18-8-6-5-7-9-18)25(19)27-24(22)17(4)21(20)13-15(14)2/h5-11,14-15H,12-13H2,1-4H3. The summed E-state index contributed by atoms with van der Waals surface area (Å²) in [6, 6.07) is 12.5. The van der Waals surface area contributed by atoms with Gasteiger partial charge in [-0.15, -0.1) is 0 Å². The lowest BCUT2D eigenvalue weighted by molar-refractivity contribution is 0.359. The Hall–Kier alpha value is -2.61. The predicted molar refractivity (Wildman–Crippen MR) is 112 cm³/mol. The molecule has 2 heterocycles. The van der Waals surface area contributed by atoms with Gasteiger partial charge in [0.1, 0.15) is 11.3 Å². The maximum Gasteiger partial charge on any atom is 0.161 e. The number of pyridine rings is 1. The average Bonchev–Trinajstić information content (AvgIpc) is 3.08. The van der Waals surface area contributed by atoms with Crippen molar-refractivity contribution in [2.24, 2.45) is 11.8 Å².